The molecule has 1 aliphatic heterocycles. The normalized spacial score (nSPS) is 17.5. The smallest absolute Gasteiger partial charge is 0.336 e. The van der Waals surface area contributed by atoms with Crippen LogP contribution in [-0.2, 0) is 16.4 Å². The predicted octanol–water partition coefficient (Wildman–Crippen LogP) is 0.667. The first-order chi connectivity index (χ1) is 10.1. The van der Waals surface area contributed by atoms with Gasteiger partial charge in [0.15, 0.2) is 0 Å². The van der Waals surface area contributed by atoms with Crippen LogP contribution >= 0.6 is 0 Å². The van der Waals surface area contributed by atoms with Crippen LogP contribution in [0.25, 0.3) is 0 Å². The Morgan fingerprint density at radius 1 is 1.09 bits per heavy atom. The highest BCUT2D eigenvalue weighted by Crippen LogP contribution is 2.32. The zero-order valence-corrected chi connectivity index (χ0v) is 12.2. The van der Waals surface area contributed by atoms with E-state index in [1.807, 2.05) is 0 Å². The highest BCUT2D eigenvalue weighted by Gasteiger charge is 2.36. The zero-order valence-electron chi connectivity index (χ0n) is 11.4. The summed E-state index contributed by atoms with van der Waals surface area (Å²) in [7, 11) is -3.86. The Hall–Kier alpha value is -1.65. The molecular formula is C12H14F3N3O3S. The molecule has 1 saturated heterocycles. The third-order valence-corrected chi connectivity index (χ3v) is 4.43. The molecular weight excluding hydrogens is 323 g/mol. The fourth-order valence-electron chi connectivity index (χ4n) is 2.23. The molecule has 0 aliphatic carbocycles. The lowest BCUT2D eigenvalue weighted by atomic mass is 10.1. The highest BCUT2D eigenvalue weighted by molar-refractivity contribution is 7.86. The molecule has 1 aliphatic rings. The number of alkyl halides is 3. The van der Waals surface area contributed by atoms with Crippen LogP contribution in [0.1, 0.15) is 15.9 Å². The fourth-order valence-corrected chi connectivity index (χ4v) is 2.91. The van der Waals surface area contributed by atoms with Gasteiger partial charge in [0.2, 0.25) is 0 Å². The summed E-state index contributed by atoms with van der Waals surface area (Å²) in [5.74, 6) is -0.776. The topological polar surface area (TPSA) is 83.7 Å². The van der Waals surface area contributed by atoms with Gasteiger partial charge in [0.25, 0.3) is 16.1 Å². The minimum Gasteiger partial charge on any atom is -0.336 e. The quantitative estimate of drug-likeness (QED) is 0.861. The van der Waals surface area contributed by atoms with Crippen LogP contribution < -0.4 is 5.14 Å². The zero-order chi connectivity index (χ0) is 16.5. The number of benzene rings is 1. The number of nitrogens with two attached hydrogens (primary N) is 1. The summed E-state index contributed by atoms with van der Waals surface area (Å²) < 4.78 is 62.1. The molecule has 2 rings (SSSR count). The molecule has 0 spiro atoms. The number of hydrogen-bond donors (Lipinski definition) is 1. The van der Waals surface area contributed by atoms with Crippen LogP contribution in [0.3, 0.4) is 0 Å². The summed E-state index contributed by atoms with van der Waals surface area (Å²) in [4.78, 5) is 13.4. The molecule has 1 fully saturated rings. The number of hydrogen-bond acceptors (Lipinski definition) is 3. The summed E-state index contributed by atoms with van der Waals surface area (Å²) in [6, 6.07) is 4.51. The molecule has 0 radical (unpaired) electrons. The Labute approximate surface area is 125 Å². The molecule has 0 unspecified atom stereocenters. The first-order valence-corrected chi connectivity index (χ1v) is 7.84. The van der Waals surface area contributed by atoms with Crippen LogP contribution in [0.2, 0.25) is 0 Å². The van der Waals surface area contributed by atoms with Crippen molar-refractivity contribution in [1.29, 1.82) is 0 Å². The lowest BCUT2D eigenvalue weighted by molar-refractivity contribution is -0.138. The Morgan fingerprint density at radius 3 is 2.14 bits per heavy atom. The molecule has 1 heterocycles. The van der Waals surface area contributed by atoms with Crippen molar-refractivity contribution in [3.8, 4) is 0 Å². The van der Waals surface area contributed by atoms with E-state index in [1.54, 1.807) is 0 Å². The van der Waals surface area contributed by atoms with Gasteiger partial charge in [-0.15, -0.1) is 0 Å². The monoisotopic (exact) mass is 337 g/mol. The van der Waals surface area contributed by atoms with Crippen LogP contribution in [-0.4, -0.2) is 49.7 Å². The van der Waals surface area contributed by atoms with Crippen molar-refractivity contribution < 1.29 is 26.4 Å². The molecule has 0 bridgehead atoms. The summed E-state index contributed by atoms with van der Waals surface area (Å²) in [6.45, 7) is -0.111. The Bertz CT molecular complexity index is 668. The number of amides is 1. The van der Waals surface area contributed by atoms with Gasteiger partial charge in [0, 0.05) is 26.2 Å². The van der Waals surface area contributed by atoms with Crippen molar-refractivity contribution in [1.82, 2.24) is 9.21 Å². The van der Waals surface area contributed by atoms with Crippen molar-refractivity contribution in [3.05, 3.63) is 35.4 Å². The maximum absolute atomic E-state index is 12.9. The number of halogens is 3. The van der Waals surface area contributed by atoms with Crippen molar-refractivity contribution in [2.75, 3.05) is 26.2 Å². The van der Waals surface area contributed by atoms with Crippen LogP contribution in [0.5, 0.6) is 0 Å². The third-order valence-electron chi connectivity index (χ3n) is 3.35. The van der Waals surface area contributed by atoms with E-state index in [-0.39, 0.29) is 26.2 Å². The minimum atomic E-state index is -4.63. The van der Waals surface area contributed by atoms with E-state index in [0.717, 1.165) is 16.4 Å². The van der Waals surface area contributed by atoms with Gasteiger partial charge >= 0.3 is 6.18 Å². The molecule has 1 aromatic carbocycles. The molecule has 122 valence electrons. The summed E-state index contributed by atoms with van der Waals surface area (Å²) in [6.07, 6.45) is -4.63. The van der Waals surface area contributed by atoms with Crippen molar-refractivity contribution in [3.63, 3.8) is 0 Å². The molecule has 22 heavy (non-hydrogen) atoms. The van der Waals surface area contributed by atoms with Crippen LogP contribution in [0.15, 0.2) is 24.3 Å². The second-order valence-electron chi connectivity index (χ2n) is 4.78. The fraction of sp³-hybridized carbons (Fsp3) is 0.417. The Balaban J connectivity index is 2.18. The number of piperazine rings is 1. The number of carbonyl (C=O) groups is 1. The molecule has 2 N–H and O–H groups in total. The first kappa shape index (κ1) is 16.7. The standard InChI is InChI=1S/C12H14F3N3O3S/c13-12(14,15)10-4-2-1-3-9(10)11(19)17-5-7-18(8-6-17)22(16,20)21/h1-4H,5-8H2,(H2,16,20,21). The molecule has 0 aromatic heterocycles. The maximum Gasteiger partial charge on any atom is 0.417 e. The highest BCUT2D eigenvalue weighted by atomic mass is 32.2. The van der Waals surface area contributed by atoms with Gasteiger partial charge < -0.3 is 4.90 Å². The second kappa shape index (κ2) is 5.86. The van der Waals surface area contributed by atoms with Gasteiger partial charge in [0.1, 0.15) is 0 Å². The van der Waals surface area contributed by atoms with Crippen molar-refractivity contribution in [2.24, 2.45) is 5.14 Å². The van der Waals surface area contributed by atoms with E-state index in [9.17, 15) is 26.4 Å². The minimum absolute atomic E-state index is 0.0124. The molecule has 1 amide bonds. The van der Waals surface area contributed by atoms with E-state index in [0.29, 0.717) is 0 Å². The Morgan fingerprint density at radius 2 is 1.64 bits per heavy atom. The van der Waals surface area contributed by atoms with Crippen molar-refractivity contribution in [2.45, 2.75) is 6.18 Å². The largest absolute Gasteiger partial charge is 0.417 e. The number of rotatable bonds is 2. The first-order valence-electron chi connectivity index (χ1n) is 6.34. The molecule has 0 atom stereocenters. The second-order valence-corrected chi connectivity index (χ2v) is 6.33. The maximum atomic E-state index is 12.9. The SMILES string of the molecule is NS(=O)(=O)N1CCN(C(=O)c2ccccc2C(F)(F)F)CC1. The summed E-state index contributed by atoms with van der Waals surface area (Å²) in [5.41, 5.74) is -1.45. The number of carbonyl (C=O) groups excluding carboxylic acids is 1. The molecule has 1 aromatic rings. The van der Waals surface area contributed by atoms with Crippen LogP contribution in [0.4, 0.5) is 13.2 Å². The summed E-state index contributed by atoms with van der Waals surface area (Å²) in [5, 5.41) is 4.97. The lowest BCUT2D eigenvalue weighted by Crippen LogP contribution is -2.52. The van der Waals surface area contributed by atoms with E-state index in [1.165, 1.54) is 17.0 Å². The van der Waals surface area contributed by atoms with E-state index < -0.39 is 33.4 Å². The average molecular weight is 337 g/mol. The van der Waals surface area contributed by atoms with Gasteiger partial charge in [-0.1, -0.05) is 12.1 Å². The number of nitrogens with zero attached hydrogens (tertiary/aromatic N) is 2. The molecule has 10 heteroatoms. The lowest BCUT2D eigenvalue weighted by Gasteiger charge is -2.33. The molecule has 6 nitrogen and oxygen atoms in total. The van der Waals surface area contributed by atoms with Gasteiger partial charge in [-0.25, -0.2) is 5.14 Å². The Kier molecular flexibility index (Phi) is 4.45. The molecule has 0 saturated carbocycles. The summed E-state index contributed by atoms with van der Waals surface area (Å²) >= 11 is 0. The van der Waals surface area contributed by atoms with Gasteiger partial charge in [-0.3, -0.25) is 4.79 Å². The van der Waals surface area contributed by atoms with E-state index >= 15 is 0 Å². The van der Waals surface area contributed by atoms with Gasteiger partial charge in [0.05, 0.1) is 11.1 Å². The average Bonchev–Trinajstić information content (AvgIpc) is 2.45. The van der Waals surface area contributed by atoms with E-state index in [4.69, 9.17) is 5.14 Å². The van der Waals surface area contributed by atoms with Gasteiger partial charge in [-0.05, 0) is 12.1 Å². The van der Waals surface area contributed by atoms with Gasteiger partial charge in [-0.2, -0.15) is 25.9 Å². The third kappa shape index (κ3) is 3.57. The predicted molar refractivity (Wildman–Crippen MR) is 72.0 cm³/mol. The van der Waals surface area contributed by atoms with Crippen LogP contribution in [0, 0.1) is 0 Å². The van der Waals surface area contributed by atoms with E-state index in [2.05, 4.69) is 0 Å². The van der Waals surface area contributed by atoms with Crippen molar-refractivity contribution >= 4 is 16.1 Å².